The molecule has 0 heterocycles. The van der Waals surface area contributed by atoms with Gasteiger partial charge in [0.1, 0.15) is 0 Å². The van der Waals surface area contributed by atoms with Gasteiger partial charge in [-0.05, 0) is 36.1 Å². The third-order valence-corrected chi connectivity index (χ3v) is 3.48. The van der Waals surface area contributed by atoms with E-state index in [-0.39, 0.29) is 5.41 Å². The van der Waals surface area contributed by atoms with Gasteiger partial charge >= 0.3 is 0 Å². The first-order valence-corrected chi connectivity index (χ1v) is 4.73. The lowest BCUT2D eigenvalue weighted by molar-refractivity contribution is 0.588. The molecule has 0 N–H and O–H groups in total. The van der Waals surface area contributed by atoms with Gasteiger partial charge < -0.3 is 0 Å². The Hall–Kier alpha value is -1.30. The third kappa shape index (κ3) is 0.635. The van der Waals surface area contributed by atoms with E-state index in [1.165, 1.54) is 22.3 Å². The molecular weight excluding hydrogens is 156 g/mol. The minimum absolute atomic E-state index is 0.230. The van der Waals surface area contributed by atoms with E-state index in [2.05, 4.69) is 50.3 Å². The zero-order valence-electron chi connectivity index (χ0n) is 7.96. The Bertz CT molecular complexity index is 439. The van der Waals surface area contributed by atoms with Crippen LogP contribution in [0.4, 0.5) is 0 Å². The van der Waals surface area contributed by atoms with Crippen LogP contribution in [0.3, 0.4) is 0 Å². The van der Waals surface area contributed by atoms with Gasteiger partial charge in [-0.1, -0.05) is 36.5 Å². The van der Waals surface area contributed by atoms with Crippen LogP contribution in [0.1, 0.15) is 13.8 Å². The van der Waals surface area contributed by atoms with E-state index in [0.29, 0.717) is 0 Å². The van der Waals surface area contributed by atoms with Crippen LogP contribution in [0.5, 0.6) is 0 Å². The number of rotatable bonds is 0. The molecule has 3 aliphatic rings. The van der Waals surface area contributed by atoms with Gasteiger partial charge in [0, 0.05) is 5.41 Å². The zero-order chi connectivity index (χ0) is 9.05. The fourth-order valence-electron chi connectivity index (χ4n) is 2.54. The predicted octanol–water partition coefficient (Wildman–Crippen LogP) is 3.32. The zero-order valence-corrected chi connectivity index (χ0v) is 7.96. The van der Waals surface area contributed by atoms with Crippen LogP contribution in [0.25, 0.3) is 0 Å². The Morgan fingerprint density at radius 1 is 1.08 bits per heavy atom. The Morgan fingerprint density at radius 2 is 1.92 bits per heavy atom. The lowest BCUT2D eigenvalue weighted by atomic mass is 9.65. The smallest absolute Gasteiger partial charge is 0.0426 e. The van der Waals surface area contributed by atoms with Gasteiger partial charge in [0.05, 0.1) is 0 Å². The minimum atomic E-state index is 0.230. The molecule has 0 bridgehead atoms. The SMILES string of the molecule is CC1=C2C=CC3=CC(=CC=C1)C32C. The van der Waals surface area contributed by atoms with Gasteiger partial charge in [0.25, 0.3) is 0 Å². The second kappa shape index (κ2) is 1.95. The molecule has 1 unspecified atom stereocenters. The first-order valence-electron chi connectivity index (χ1n) is 4.73. The predicted molar refractivity (Wildman–Crippen MR) is 55.3 cm³/mol. The van der Waals surface area contributed by atoms with Crippen molar-refractivity contribution in [3.63, 3.8) is 0 Å². The van der Waals surface area contributed by atoms with Crippen LogP contribution in [-0.4, -0.2) is 0 Å². The van der Waals surface area contributed by atoms with Crippen molar-refractivity contribution in [2.75, 3.05) is 0 Å². The van der Waals surface area contributed by atoms with E-state index in [9.17, 15) is 0 Å². The fraction of sp³-hybridized carbons (Fsp3) is 0.231. The van der Waals surface area contributed by atoms with Crippen molar-refractivity contribution in [3.05, 3.63) is 58.7 Å². The molecule has 0 saturated carbocycles. The summed E-state index contributed by atoms with van der Waals surface area (Å²) in [6, 6.07) is 0. The van der Waals surface area contributed by atoms with Gasteiger partial charge in [0.2, 0.25) is 0 Å². The average molecular weight is 168 g/mol. The second-order valence-corrected chi connectivity index (χ2v) is 4.14. The average Bonchev–Trinajstić information content (AvgIpc) is 2.33. The molecule has 0 spiro atoms. The van der Waals surface area contributed by atoms with Crippen molar-refractivity contribution in [2.45, 2.75) is 13.8 Å². The summed E-state index contributed by atoms with van der Waals surface area (Å²) in [4.78, 5) is 0. The van der Waals surface area contributed by atoms with Gasteiger partial charge in [-0.15, -0.1) is 0 Å². The number of hydrogen-bond donors (Lipinski definition) is 0. The summed E-state index contributed by atoms with van der Waals surface area (Å²) in [6.45, 7) is 4.51. The molecule has 0 nitrogen and oxygen atoms in total. The Balaban J connectivity index is 2.36. The number of allylic oxidation sites excluding steroid dienone is 10. The monoisotopic (exact) mass is 168 g/mol. The highest BCUT2D eigenvalue weighted by atomic mass is 14.5. The molecule has 3 rings (SSSR count). The molecule has 0 aromatic heterocycles. The summed E-state index contributed by atoms with van der Waals surface area (Å²) >= 11 is 0. The van der Waals surface area contributed by atoms with E-state index < -0.39 is 0 Å². The van der Waals surface area contributed by atoms with Crippen molar-refractivity contribution in [1.29, 1.82) is 0 Å². The molecule has 3 aliphatic carbocycles. The summed E-state index contributed by atoms with van der Waals surface area (Å²) in [6.07, 6.45) is 13.4. The molecule has 0 heteroatoms. The van der Waals surface area contributed by atoms with Gasteiger partial charge in [0.15, 0.2) is 0 Å². The molecule has 0 aromatic rings. The van der Waals surface area contributed by atoms with Gasteiger partial charge in [-0.2, -0.15) is 0 Å². The minimum Gasteiger partial charge on any atom is -0.0617 e. The van der Waals surface area contributed by atoms with E-state index in [0.717, 1.165) is 0 Å². The normalized spacial score (nSPS) is 33.7. The first kappa shape index (κ1) is 7.14. The molecule has 0 fully saturated rings. The lowest BCUT2D eigenvalue weighted by Gasteiger charge is -2.38. The largest absolute Gasteiger partial charge is 0.0617 e. The first-order chi connectivity index (χ1) is 6.23. The van der Waals surface area contributed by atoms with Crippen molar-refractivity contribution in [1.82, 2.24) is 0 Å². The maximum atomic E-state index is 2.32. The van der Waals surface area contributed by atoms with E-state index >= 15 is 0 Å². The molecule has 1 atom stereocenters. The molecule has 13 heavy (non-hydrogen) atoms. The molecular formula is C13H12. The highest BCUT2D eigenvalue weighted by Crippen LogP contribution is 2.57. The summed E-state index contributed by atoms with van der Waals surface area (Å²) in [5.41, 5.74) is 6.03. The summed E-state index contributed by atoms with van der Waals surface area (Å²) in [5.74, 6) is 0. The second-order valence-electron chi connectivity index (χ2n) is 4.14. The van der Waals surface area contributed by atoms with Crippen molar-refractivity contribution >= 4 is 0 Å². The van der Waals surface area contributed by atoms with Crippen molar-refractivity contribution < 1.29 is 0 Å². The van der Waals surface area contributed by atoms with Crippen LogP contribution >= 0.6 is 0 Å². The van der Waals surface area contributed by atoms with Crippen molar-refractivity contribution in [2.24, 2.45) is 5.41 Å². The highest BCUT2D eigenvalue weighted by molar-refractivity contribution is 5.70. The fourth-order valence-corrected chi connectivity index (χ4v) is 2.54. The molecule has 0 radical (unpaired) electrons. The Kier molecular flexibility index (Phi) is 1.07. The van der Waals surface area contributed by atoms with Gasteiger partial charge in [-0.25, -0.2) is 0 Å². The quantitative estimate of drug-likeness (QED) is 0.520. The van der Waals surface area contributed by atoms with E-state index in [4.69, 9.17) is 0 Å². The van der Waals surface area contributed by atoms with E-state index in [1.54, 1.807) is 0 Å². The molecule has 0 aromatic carbocycles. The van der Waals surface area contributed by atoms with Crippen LogP contribution in [0, 0.1) is 5.41 Å². The Labute approximate surface area is 78.7 Å². The summed E-state index contributed by atoms with van der Waals surface area (Å²) in [5, 5.41) is 0. The topological polar surface area (TPSA) is 0 Å². The standard InChI is InChI=1S/C13H12/c1-9-4-3-5-10-8-11-6-7-12(9)13(10,11)2/h3-8H,1-2H3. The summed E-state index contributed by atoms with van der Waals surface area (Å²) < 4.78 is 0. The van der Waals surface area contributed by atoms with Crippen LogP contribution < -0.4 is 0 Å². The van der Waals surface area contributed by atoms with E-state index in [1.807, 2.05) is 0 Å². The molecule has 0 amide bonds. The molecule has 0 saturated heterocycles. The Morgan fingerprint density at radius 3 is 2.77 bits per heavy atom. The third-order valence-electron chi connectivity index (χ3n) is 3.48. The van der Waals surface area contributed by atoms with Crippen LogP contribution in [-0.2, 0) is 0 Å². The van der Waals surface area contributed by atoms with Crippen molar-refractivity contribution in [3.8, 4) is 0 Å². The maximum absolute atomic E-state index is 2.32. The van der Waals surface area contributed by atoms with Crippen LogP contribution in [0.15, 0.2) is 58.7 Å². The summed E-state index contributed by atoms with van der Waals surface area (Å²) in [7, 11) is 0. The maximum Gasteiger partial charge on any atom is 0.0426 e. The molecule has 64 valence electrons. The highest BCUT2D eigenvalue weighted by Gasteiger charge is 2.44. The molecule has 0 aliphatic heterocycles. The van der Waals surface area contributed by atoms with Crippen LogP contribution in [0.2, 0.25) is 0 Å². The van der Waals surface area contributed by atoms with Gasteiger partial charge in [-0.3, -0.25) is 0 Å². The number of hydrogen-bond acceptors (Lipinski definition) is 0. The lowest BCUT2D eigenvalue weighted by Crippen LogP contribution is -2.27.